The summed E-state index contributed by atoms with van der Waals surface area (Å²) in [5, 5.41) is 0.401. The molecule has 10 nitrogen and oxygen atoms in total. The van der Waals surface area contributed by atoms with Gasteiger partial charge < -0.3 is 9.53 Å². The van der Waals surface area contributed by atoms with Crippen molar-refractivity contribution in [2.45, 2.75) is 23.5 Å². The minimum atomic E-state index is -4.47. The third kappa shape index (κ3) is 5.40. The maximum Gasteiger partial charge on any atom is 0.311 e. The van der Waals surface area contributed by atoms with E-state index >= 15 is 0 Å². The number of unbranched alkanes of at least 4 members (excludes halogenated alkanes) is 1. The fourth-order valence-electron chi connectivity index (χ4n) is 1.93. The molecule has 144 valence electrons. The molecule has 3 N–H and O–H groups in total. The first-order valence-electron chi connectivity index (χ1n) is 7.50. The van der Waals surface area contributed by atoms with E-state index in [0.717, 1.165) is 6.20 Å². The number of thiazole rings is 1. The highest BCUT2D eigenvalue weighted by atomic mass is 32.3. The van der Waals surface area contributed by atoms with E-state index < -0.39 is 26.2 Å². The first-order valence-corrected chi connectivity index (χ1v) is 9.75. The highest BCUT2D eigenvalue weighted by Gasteiger charge is 2.24. The lowest BCUT2D eigenvalue weighted by molar-refractivity contribution is -0.134. The van der Waals surface area contributed by atoms with Crippen LogP contribution in [0.1, 0.15) is 29.6 Å². The summed E-state index contributed by atoms with van der Waals surface area (Å²) in [5.74, 6) is 4.24. The van der Waals surface area contributed by atoms with E-state index in [1.165, 1.54) is 18.2 Å². The zero-order valence-corrected chi connectivity index (χ0v) is 15.4. The number of anilines is 1. The second-order valence-corrected chi connectivity index (χ2v) is 7.80. The van der Waals surface area contributed by atoms with Crippen molar-refractivity contribution in [3.05, 3.63) is 36.0 Å². The largest absolute Gasteiger partial charge is 0.426 e. The summed E-state index contributed by atoms with van der Waals surface area (Å²) in [7, 11) is -4.47. The average Bonchev–Trinajstić information content (AvgIpc) is 3.12. The molecule has 0 spiro atoms. The molecule has 1 heterocycles. The van der Waals surface area contributed by atoms with Crippen molar-refractivity contribution in [1.82, 2.24) is 4.98 Å². The lowest BCUT2D eigenvalue weighted by Gasteiger charge is -2.15. The molecular formula is C15H15N3O7S2. The normalized spacial score (nSPS) is 11.0. The molecule has 1 aromatic heterocycles. The van der Waals surface area contributed by atoms with E-state index in [9.17, 15) is 22.8 Å². The van der Waals surface area contributed by atoms with Crippen molar-refractivity contribution in [1.29, 1.82) is 0 Å². The van der Waals surface area contributed by atoms with Gasteiger partial charge in [0.05, 0.1) is 11.8 Å². The fraction of sp³-hybridized carbons (Fsp3) is 0.200. The number of amides is 1. The Balaban J connectivity index is 2.19. The van der Waals surface area contributed by atoms with E-state index in [2.05, 4.69) is 4.98 Å². The number of hydrogen-bond donors (Lipinski definition) is 2. The van der Waals surface area contributed by atoms with E-state index in [4.69, 9.17) is 15.1 Å². The molecule has 0 radical (unpaired) electrons. The molecule has 2 aromatic rings. The lowest BCUT2D eigenvalue weighted by atomic mass is 10.2. The summed E-state index contributed by atoms with van der Waals surface area (Å²) in [6.45, 7) is 0. The van der Waals surface area contributed by atoms with Gasteiger partial charge in [0.1, 0.15) is 12.0 Å². The highest BCUT2D eigenvalue weighted by Crippen LogP contribution is 2.27. The van der Waals surface area contributed by atoms with Gasteiger partial charge in [-0.25, -0.2) is 15.8 Å². The smallest absolute Gasteiger partial charge is 0.311 e. The summed E-state index contributed by atoms with van der Waals surface area (Å²) in [6.07, 6.45) is 2.08. The van der Waals surface area contributed by atoms with Crippen LogP contribution in [0.2, 0.25) is 0 Å². The molecule has 0 saturated carbocycles. The number of rotatable bonds is 8. The van der Waals surface area contributed by atoms with Crippen LogP contribution in [0.5, 0.6) is 5.75 Å². The van der Waals surface area contributed by atoms with Crippen LogP contribution in [0.4, 0.5) is 5.13 Å². The number of esters is 1. The molecule has 2 rings (SSSR count). The van der Waals surface area contributed by atoms with Gasteiger partial charge in [0.25, 0.3) is 5.91 Å². The molecule has 0 saturated heterocycles. The molecule has 1 amide bonds. The Hall–Kier alpha value is -2.67. The number of hydrazine groups is 1. The Kier molecular flexibility index (Phi) is 6.74. The molecule has 0 unspecified atom stereocenters. The van der Waals surface area contributed by atoms with E-state index in [1.807, 2.05) is 0 Å². The summed E-state index contributed by atoms with van der Waals surface area (Å²) >= 11 is 0.494. The van der Waals surface area contributed by atoms with Gasteiger partial charge in [-0.15, -0.1) is 0 Å². The monoisotopic (exact) mass is 413 g/mol. The van der Waals surface area contributed by atoms with Crippen LogP contribution in [0, 0.1) is 0 Å². The van der Waals surface area contributed by atoms with Crippen LogP contribution in [0.25, 0.3) is 0 Å². The molecular weight excluding hydrogens is 398 g/mol. The van der Waals surface area contributed by atoms with E-state index in [0.29, 0.717) is 29.1 Å². The van der Waals surface area contributed by atoms with Crippen molar-refractivity contribution >= 4 is 44.7 Å². The first-order chi connectivity index (χ1) is 12.7. The number of aldehydes is 1. The van der Waals surface area contributed by atoms with Crippen LogP contribution in [-0.2, 0) is 19.7 Å². The minimum Gasteiger partial charge on any atom is -0.426 e. The zero-order valence-electron chi connectivity index (χ0n) is 13.8. The number of benzene rings is 1. The molecule has 0 bridgehead atoms. The van der Waals surface area contributed by atoms with Crippen LogP contribution in [0.15, 0.2) is 34.7 Å². The van der Waals surface area contributed by atoms with Crippen LogP contribution >= 0.6 is 11.3 Å². The Labute approximate surface area is 158 Å². The van der Waals surface area contributed by atoms with E-state index in [1.54, 1.807) is 6.07 Å². The van der Waals surface area contributed by atoms with Gasteiger partial charge in [0.15, 0.2) is 4.21 Å². The summed E-state index contributed by atoms with van der Waals surface area (Å²) in [5.41, 5.74) is -0.0488. The van der Waals surface area contributed by atoms with Crippen molar-refractivity contribution in [2.75, 3.05) is 5.01 Å². The Morgan fingerprint density at radius 2 is 2.04 bits per heavy atom. The summed E-state index contributed by atoms with van der Waals surface area (Å²) in [6, 6.07) is 5.83. The number of nitrogens with zero attached hydrogens (tertiary/aromatic N) is 2. The molecule has 12 heteroatoms. The third-order valence-corrected chi connectivity index (χ3v) is 5.48. The molecule has 27 heavy (non-hydrogen) atoms. The summed E-state index contributed by atoms with van der Waals surface area (Å²) in [4.78, 5) is 38.4. The highest BCUT2D eigenvalue weighted by molar-refractivity contribution is 7.88. The maximum absolute atomic E-state index is 12.6. The minimum absolute atomic E-state index is 0.00218. The van der Waals surface area contributed by atoms with Gasteiger partial charge >= 0.3 is 16.1 Å². The van der Waals surface area contributed by atoms with Gasteiger partial charge in [-0.2, -0.15) is 8.42 Å². The summed E-state index contributed by atoms with van der Waals surface area (Å²) < 4.78 is 35.9. The number of carbonyl (C=O) groups is 3. The van der Waals surface area contributed by atoms with Gasteiger partial charge in [-0.05, 0) is 18.6 Å². The van der Waals surface area contributed by atoms with Crippen molar-refractivity contribution in [3.63, 3.8) is 0 Å². The number of hydrogen-bond acceptors (Lipinski definition) is 9. The van der Waals surface area contributed by atoms with Crippen molar-refractivity contribution < 1.29 is 32.1 Å². The molecule has 1 aromatic carbocycles. The molecule has 0 atom stereocenters. The topological polar surface area (TPSA) is 157 Å². The predicted octanol–water partition coefficient (Wildman–Crippen LogP) is 1.18. The first kappa shape index (κ1) is 20.6. The Morgan fingerprint density at radius 3 is 2.67 bits per heavy atom. The predicted molar refractivity (Wildman–Crippen MR) is 94.9 cm³/mol. The second-order valence-electron chi connectivity index (χ2n) is 5.14. The van der Waals surface area contributed by atoms with Crippen molar-refractivity contribution in [2.24, 2.45) is 5.84 Å². The number of nitrogens with two attached hydrogens (primary N) is 1. The van der Waals surface area contributed by atoms with Crippen LogP contribution in [-0.4, -0.2) is 36.1 Å². The fourth-order valence-corrected chi connectivity index (χ4v) is 3.34. The van der Waals surface area contributed by atoms with Crippen molar-refractivity contribution in [3.8, 4) is 5.75 Å². The van der Waals surface area contributed by atoms with Gasteiger partial charge in [-0.3, -0.25) is 14.1 Å². The number of aromatic nitrogens is 1. The van der Waals surface area contributed by atoms with Gasteiger partial charge in [-0.1, -0.05) is 23.5 Å². The molecule has 0 aliphatic rings. The van der Waals surface area contributed by atoms with Gasteiger partial charge in [0.2, 0.25) is 5.13 Å². The molecule has 0 aliphatic carbocycles. The molecule has 0 fully saturated rings. The van der Waals surface area contributed by atoms with Crippen LogP contribution < -0.4 is 15.6 Å². The number of para-hydroxylation sites is 1. The Morgan fingerprint density at radius 1 is 1.33 bits per heavy atom. The Bertz CT molecular complexity index is 956. The second kappa shape index (κ2) is 8.81. The standard InChI is InChI=1S/C15H15N3O7S2/c16-18(15-17-9-13(26-15)27(22,23)24)14(21)10-5-1-2-6-11(10)25-12(20)7-3-4-8-19/h1-2,5-6,8-9H,3-4,7,16H2,(H,22,23,24). The maximum atomic E-state index is 12.6. The average molecular weight is 413 g/mol. The third-order valence-electron chi connectivity index (χ3n) is 3.20. The SMILES string of the molecule is NN(C(=O)c1ccccc1OC(=O)CCCC=O)c1ncc(S(=O)(=O)O)s1. The zero-order chi connectivity index (χ0) is 20.0. The number of ether oxygens (including phenoxy) is 1. The number of carbonyl (C=O) groups excluding carboxylic acids is 3. The van der Waals surface area contributed by atoms with Gasteiger partial charge in [0, 0.05) is 12.8 Å². The quantitative estimate of drug-likeness (QED) is 0.0947. The van der Waals surface area contributed by atoms with E-state index in [-0.39, 0.29) is 29.3 Å². The van der Waals surface area contributed by atoms with Crippen LogP contribution in [0.3, 0.4) is 0 Å². The molecule has 0 aliphatic heterocycles. The lowest BCUT2D eigenvalue weighted by Crippen LogP contribution is -2.37.